The molecule has 0 saturated carbocycles. The minimum Gasteiger partial charge on any atom is -0.496 e. The summed E-state index contributed by atoms with van der Waals surface area (Å²) in [5.74, 6) is 0.726. The quantitative estimate of drug-likeness (QED) is 0.514. The number of carbonyl (C=O) groups excluding carboxylic acids is 1. The molecule has 0 unspecified atom stereocenters. The first-order valence-corrected chi connectivity index (χ1v) is 9.92. The van der Waals surface area contributed by atoms with Crippen molar-refractivity contribution in [3.63, 3.8) is 0 Å². The Morgan fingerprint density at radius 1 is 1.10 bits per heavy atom. The van der Waals surface area contributed by atoms with Gasteiger partial charge in [-0.3, -0.25) is 9.59 Å². The number of fused-ring (bicyclic) bond motifs is 3. The standard InChI is InChI=1S/C23H24N4O3/c1-26-23(29)22-18(15-25-26)17-9-4-5-10-19(17)27(22)13-7-12-21(28)24-14-16-8-3-6-11-20(16)30-2/h3-6,8-11,15H,7,12-14H2,1-2H3,(H,24,28). The van der Waals surface area contributed by atoms with Gasteiger partial charge in [0.05, 0.1) is 13.3 Å². The molecular formula is C23H24N4O3. The summed E-state index contributed by atoms with van der Waals surface area (Å²) < 4.78 is 8.67. The van der Waals surface area contributed by atoms with E-state index in [1.165, 1.54) is 4.68 Å². The Bertz CT molecular complexity index is 1270. The molecule has 0 atom stereocenters. The summed E-state index contributed by atoms with van der Waals surface area (Å²) >= 11 is 0. The molecule has 1 N–H and O–H groups in total. The summed E-state index contributed by atoms with van der Waals surface area (Å²) in [6.45, 7) is 0.996. The largest absolute Gasteiger partial charge is 0.496 e. The van der Waals surface area contributed by atoms with Crippen molar-refractivity contribution in [3.8, 4) is 5.75 Å². The molecule has 2 aromatic carbocycles. The number of methoxy groups -OCH3 is 1. The third kappa shape index (κ3) is 3.66. The molecule has 7 heteroatoms. The Hall–Kier alpha value is -3.61. The van der Waals surface area contributed by atoms with Crippen molar-refractivity contribution in [1.82, 2.24) is 19.7 Å². The second-order valence-electron chi connectivity index (χ2n) is 7.20. The number of nitrogens with zero attached hydrogens (tertiary/aromatic N) is 3. The van der Waals surface area contributed by atoms with E-state index in [0.717, 1.165) is 27.6 Å². The number of aryl methyl sites for hydroxylation is 2. The lowest BCUT2D eigenvalue weighted by atomic mass is 10.2. The van der Waals surface area contributed by atoms with E-state index in [-0.39, 0.29) is 11.5 Å². The Balaban J connectivity index is 1.48. The highest BCUT2D eigenvalue weighted by Crippen LogP contribution is 2.26. The van der Waals surface area contributed by atoms with Gasteiger partial charge in [-0.25, -0.2) is 4.68 Å². The van der Waals surface area contributed by atoms with E-state index in [1.54, 1.807) is 20.4 Å². The summed E-state index contributed by atoms with van der Waals surface area (Å²) in [6.07, 6.45) is 2.72. The number of carbonyl (C=O) groups is 1. The van der Waals surface area contributed by atoms with Crippen LogP contribution in [0.4, 0.5) is 0 Å². The molecule has 154 valence electrons. The Labute approximate surface area is 173 Å². The first kappa shape index (κ1) is 19.7. The van der Waals surface area contributed by atoms with Crippen molar-refractivity contribution < 1.29 is 9.53 Å². The van der Waals surface area contributed by atoms with Crippen molar-refractivity contribution in [1.29, 1.82) is 0 Å². The lowest BCUT2D eigenvalue weighted by Crippen LogP contribution is -2.24. The van der Waals surface area contributed by atoms with Gasteiger partial charge in [0.15, 0.2) is 0 Å². The Kier molecular flexibility index (Phi) is 5.52. The maximum Gasteiger partial charge on any atom is 0.291 e. The van der Waals surface area contributed by atoms with Gasteiger partial charge in [-0.2, -0.15) is 5.10 Å². The monoisotopic (exact) mass is 404 g/mol. The maximum atomic E-state index is 12.7. The van der Waals surface area contributed by atoms with Gasteiger partial charge in [0.25, 0.3) is 5.56 Å². The van der Waals surface area contributed by atoms with Gasteiger partial charge in [0.1, 0.15) is 11.3 Å². The fraction of sp³-hybridized carbons (Fsp3) is 0.261. The summed E-state index contributed by atoms with van der Waals surface area (Å²) in [5, 5.41) is 8.95. The van der Waals surface area contributed by atoms with Crippen LogP contribution >= 0.6 is 0 Å². The third-order valence-electron chi connectivity index (χ3n) is 5.32. The van der Waals surface area contributed by atoms with Gasteiger partial charge in [0, 0.05) is 48.4 Å². The number of rotatable bonds is 7. The first-order valence-electron chi connectivity index (χ1n) is 9.92. The molecule has 0 fully saturated rings. The molecule has 0 spiro atoms. The molecule has 0 radical (unpaired) electrons. The van der Waals surface area contributed by atoms with Crippen LogP contribution in [0.1, 0.15) is 18.4 Å². The van der Waals surface area contributed by atoms with Crippen LogP contribution in [0.15, 0.2) is 59.5 Å². The van der Waals surface area contributed by atoms with Crippen molar-refractivity contribution in [2.45, 2.75) is 25.9 Å². The van der Waals surface area contributed by atoms with Crippen LogP contribution in [0.25, 0.3) is 21.8 Å². The van der Waals surface area contributed by atoms with Gasteiger partial charge in [-0.1, -0.05) is 36.4 Å². The third-order valence-corrected chi connectivity index (χ3v) is 5.32. The maximum absolute atomic E-state index is 12.7. The molecule has 1 amide bonds. The van der Waals surface area contributed by atoms with Crippen molar-refractivity contribution >= 4 is 27.7 Å². The fourth-order valence-corrected chi connectivity index (χ4v) is 3.80. The van der Waals surface area contributed by atoms with Crippen LogP contribution in [0, 0.1) is 0 Å². The number of ether oxygens (including phenoxy) is 1. The van der Waals surface area contributed by atoms with Crippen molar-refractivity contribution in [2.24, 2.45) is 7.05 Å². The van der Waals surface area contributed by atoms with Gasteiger partial charge >= 0.3 is 0 Å². The van der Waals surface area contributed by atoms with Gasteiger partial charge in [-0.15, -0.1) is 0 Å². The van der Waals surface area contributed by atoms with E-state index in [2.05, 4.69) is 10.4 Å². The van der Waals surface area contributed by atoms with Crippen LogP contribution in [-0.4, -0.2) is 27.4 Å². The average Bonchev–Trinajstić information content (AvgIpc) is 3.09. The zero-order chi connectivity index (χ0) is 21.1. The van der Waals surface area contributed by atoms with Crippen LogP contribution in [-0.2, 0) is 24.9 Å². The summed E-state index contributed by atoms with van der Waals surface area (Å²) in [6, 6.07) is 15.5. The van der Waals surface area contributed by atoms with Crippen molar-refractivity contribution in [3.05, 3.63) is 70.6 Å². The summed E-state index contributed by atoms with van der Waals surface area (Å²) in [7, 11) is 3.27. The number of amides is 1. The van der Waals surface area contributed by atoms with Crippen LogP contribution in [0.2, 0.25) is 0 Å². The highest BCUT2D eigenvalue weighted by molar-refractivity contribution is 6.07. The second kappa shape index (κ2) is 8.41. The number of nitrogens with one attached hydrogen (secondary N) is 1. The smallest absolute Gasteiger partial charge is 0.291 e. The summed E-state index contributed by atoms with van der Waals surface area (Å²) in [4.78, 5) is 25.1. The average molecular weight is 404 g/mol. The molecule has 4 aromatic rings. The van der Waals surface area contributed by atoms with Gasteiger partial charge in [-0.05, 0) is 18.6 Å². The molecular weight excluding hydrogens is 380 g/mol. The van der Waals surface area contributed by atoms with Crippen LogP contribution in [0.5, 0.6) is 5.75 Å². The SMILES string of the molecule is COc1ccccc1CNC(=O)CCCn1c2ccccc2c2cnn(C)c(=O)c21. The highest BCUT2D eigenvalue weighted by Gasteiger charge is 2.15. The van der Waals surface area contributed by atoms with E-state index in [9.17, 15) is 9.59 Å². The minimum atomic E-state index is -0.135. The zero-order valence-corrected chi connectivity index (χ0v) is 17.1. The van der Waals surface area contributed by atoms with E-state index in [4.69, 9.17) is 4.74 Å². The topological polar surface area (TPSA) is 78.2 Å². The molecule has 0 aliphatic rings. The predicted octanol–water partition coefficient (Wildman–Crippen LogP) is 2.99. The Morgan fingerprint density at radius 2 is 1.87 bits per heavy atom. The summed E-state index contributed by atoms with van der Waals surface area (Å²) in [5.41, 5.74) is 2.41. The van der Waals surface area contributed by atoms with Crippen LogP contribution < -0.4 is 15.6 Å². The number of para-hydroxylation sites is 2. The van der Waals surface area contributed by atoms with Gasteiger partial charge in [0.2, 0.25) is 5.91 Å². The zero-order valence-electron chi connectivity index (χ0n) is 17.1. The predicted molar refractivity (Wildman–Crippen MR) is 117 cm³/mol. The normalized spacial score (nSPS) is 11.1. The molecule has 4 rings (SSSR count). The minimum absolute atomic E-state index is 0.0313. The molecule has 2 heterocycles. The lowest BCUT2D eigenvalue weighted by molar-refractivity contribution is -0.121. The first-order chi connectivity index (χ1) is 14.6. The number of benzene rings is 2. The molecule has 7 nitrogen and oxygen atoms in total. The lowest BCUT2D eigenvalue weighted by Gasteiger charge is -2.10. The van der Waals surface area contributed by atoms with E-state index >= 15 is 0 Å². The van der Waals surface area contributed by atoms with Crippen LogP contribution in [0.3, 0.4) is 0 Å². The number of hydrogen-bond donors (Lipinski definition) is 1. The molecule has 0 aliphatic carbocycles. The number of aromatic nitrogens is 3. The van der Waals surface area contributed by atoms with E-state index in [1.807, 2.05) is 53.1 Å². The molecule has 0 saturated heterocycles. The highest BCUT2D eigenvalue weighted by atomic mass is 16.5. The molecule has 0 aliphatic heterocycles. The van der Waals surface area contributed by atoms with E-state index < -0.39 is 0 Å². The van der Waals surface area contributed by atoms with Crippen molar-refractivity contribution in [2.75, 3.05) is 7.11 Å². The van der Waals surface area contributed by atoms with Gasteiger partial charge < -0.3 is 14.6 Å². The number of hydrogen-bond acceptors (Lipinski definition) is 4. The molecule has 30 heavy (non-hydrogen) atoms. The Morgan fingerprint density at radius 3 is 2.70 bits per heavy atom. The fourth-order valence-electron chi connectivity index (χ4n) is 3.80. The van der Waals surface area contributed by atoms with E-state index in [0.29, 0.717) is 31.4 Å². The molecule has 2 aromatic heterocycles. The molecule has 0 bridgehead atoms. The second-order valence-corrected chi connectivity index (χ2v) is 7.20.